The van der Waals surface area contributed by atoms with Gasteiger partial charge in [0.15, 0.2) is 11.7 Å². The number of halogens is 1. The van der Waals surface area contributed by atoms with Crippen LogP contribution >= 0.6 is 11.6 Å². The molecule has 1 atom stereocenters. The molecule has 1 unspecified atom stereocenters. The second-order valence-electron chi connectivity index (χ2n) is 7.44. The van der Waals surface area contributed by atoms with Crippen LogP contribution in [0.1, 0.15) is 28.9 Å². The zero-order chi connectivity index (χ0) is 21.6. The number of ether oxygens (including phenoxy) is 2. The van der Waals surface area contributed by atoms with E-state index >= 15 is 0 Å². The van der Waals surface area contributed by atoms with Crippen molar-refractivity contribution in [3.8, 4) is 0 Å². The van der Waals surface area contributed by atoms with Gasteiger partial charge in [-0.05, 0) is 19.8 Å². The molecule has 11 heteroatoms. The molecule has 2 saturated heterocycles. The number of carbonyl (C=O) groups excluding carboxylic acids is 3. The van der Waals surface area contributed by atoms with Gasteiger partial charge in [-0.3, -0.25) is 14.4 Å². The zero-order valence-electron chi connectivity index (χ0n) is 16.9. The molecule has 2 aliphatic heterocycles. The third kappa shape index (κ3) is 3.24. The number of nitrogens with zero attached hydrogens (tertiary/aromatic N) is 5. The Labute approximate surface area is 177 Å². The quantitative estimate of drug-likeness (QED) is 0.673. The average Bonchev–Trinajstić information content (AvgIpc) is 3.27. The lowest BCUT2D eigenvalue weighted by atomic mass is 10.0. The molecule has 0 aromatic carbocycles. The average molecular weight is 436 g/mol. The molecule has 2 aromatic rings. The molecule has 4 rings (SSSR count). The van der Waals surface area contributed by atoms with Gasteiger partial charge >= 0.3 is 12.1 Å². The molecule has 0 N–H and O–H groups in total. The van der Waals surface area contributed by atoms with Gasteiger partial charge in [-0.2, -0.15) is 5.10 Å². The molecular weight excluding hydrogens is 414 g/mol. The summed E-state index contributed by atoms with van der Waals surface area (Å²) in [6.45, 7) is 2.64. The molecular formula is C19H22ClN5O5. The fraction of sp³-hybridized carbons (Fsp3) is 0.526. The highest BCUT2D eigenvalue weighted by atomic mass is 35.5. The number of aryl methyl sites for hydroxylation is 2. The van der Waals surface area contributed by atoms with Crippen LogP contribution in [0.15, 0.2) is 6.20 Å². The van der Waals surface area contributed by atoms with E-state index in [1.165, 1.54) is 18.2 Å². The van der Waals surface area contributed by atoms with Crippen LogP contribution in [-0.2, 0) is 21.3 Å². The van der Waals surface area contributed by atoms with Crippen molar-refractivity contribution in [1.29, 1.82) is 0 Å². The lowest BCUT2D eigenvalue weighted by Gasteiger charge is -2.37. The molecule has 0 spiro atoms. The largest absolute Gasteiger partial charge is 0.467 e. The second kappa shape index (κ2) is 7.75. The Morgan fingerprint density at radius 1 is 1.30 bits per heavy atom. The number of likely N-dealkylation sites (tertiary alicyclic amines) is 1. The third-order valence-electron chi connectivity index (χ3n) is 5.72. The van der Waals surface area contributed by atoms with Crippen molar-refractivity contribution < 1.29 is 23.9 Å². The summed E-state index contributed by atoms with van der Waals surface area (Å²) in [6, 6.07) is -0.950. The van der Waals surface area contributed by atoms with Crippen molar-refractivity contribution in [3.05, 3.63) is 22.5 Å². The molecule has 10 nitrogen and oxygen atoms in total. The zero-order valence-corrected chi connectivity index (χ0v) is 17.7. The highest BCUT2D eigenvalue weighted by Gasteiger charge is 2.44. The van der Waals surface area contributed by atoms with E-state index in [4.69, 9.17) is 21.1 Å². The molecule has 0 radical (unpaired) electrons. The standard InChI is InChI=1S/C19H22ClN5O5/c1-10-14-15(20)12(8-21-16(14)23(2)22-10)17(26)24-6-4-11(5-7-24)25-13(18(27)29-3)9-30-19(25)28/h8,11,13H,4-7,9H2,1-3H3. The van der Waals surface area contributed by atoms with Crippen LogP contribution in [0.5, 0.6) is 0 Å². The van der Waals surface area contributed by atoms with Gasteiger partial charge in [0.05, 0.1) is 28.8 Å². The van der Waals surface area contributed by atoms with Crippen LogP contribution in [0.4, 0.5) is 4.79 Å². The van der Waals surface area contributed by atoms with Gasteiger partial charge in [0.1, 0.15) is 6.61 Å². The first-order valence-corrected chi connectivity index (χ1v) is 10.0. The molecule has 2 aliphatic rings. The number of rotatable bonds is 3. The summed E-state index contributed by atoms with van der Waals surface area (Å²) >= 11 is 6.53. The van der Waals surface area contributed by atoms with Gasteiger partial charge in [0.2, 0.25) is 0 Å². The van der Waals surface area contributed by atoms with E-state index < -0.39 is 18.1 Å². The molecule has 2 fully saturated rings. The summed E-state index contributed by atoms with van der Waals surface area (Å²) in [6.07, 6.45) is 1.99. The Bertz CT molecular complexity index is 1030. The van der Waals surface area contributed by atoms with Gasteiger partial charge in [-0.15, -0.1) is 0 Å². The topological polar surface area (TPSA) is 107 Å². The van der Waals surface area contributed by atoms with Crippen molar-refractivity contribution in [2.75, 3.05) is 26.8 Å². The maximum atomic E-state index is 13.1. The fourth-order valence-corrected chi connectivity index (χ4v) is 4.54. The smallest absolute Gasteiger partial charge is 0.410 e. The fourth-order valence-electron chi connectivity index (χ4n) is 4.19. The van der Waals surface area contributed by atoms with Gasteiger partial charge in [0, 0.05) is 32.4 Å². The Kier molecular flexibility index (Phi) is 5.27. The minimum atomic E-state index is -0.746. The molecule has 160 valence electrons. The first kappa shape index (κ1) is 20.4. The molecule has 30 heavy (non-hydrogen) atoms. The number of aromatic nitrogens is 3. The first-order chi connectivity index (χ1) is 14.3. The van der Waals surface area contributed by atoms with Crippen LogP contribution in [0.25, 0.3) is 11.0 Å². The van der Waals surface area contributed by atoms with E-state index in [-0.39, 0.29) is 18.6 Å². The van der Waals surface area contributed by atoms with Gasteiger partial charge in [-0.1, -0.05) is 11.6 Å². The number of fused-ring (bicyclic) bond motifs is 1. The minimum Gasteiger partial charge on any atom is -0.467 e. The number of hydrogen-bond acceptors (Lipinski definition) is 7. The number of piperidine rings is 1. The Hall–Kier alpha value is -2.88. The highest BCUT2D eigenvalue weighted by Crippen LogP contribution is 2.30. The summed E-state index contributed by atoms with van der Waals surface area (Å²) < 4.78 is 11.4. The lowest BCUT2D eigenvalue weighted by molar-refractivity contribution is -0.145. The monoisotopic (exact) mass is 435 g/mol. The molecule has 4 heterocycles. The van der Waals surface area contributed by atoms with Crippen LogP contribution in [0, 0.1) is 6.92 Å². The second-order valence-corrected chi connectivity index (χ2v) is 7.82. The normalized spacial score (nSPS) is 20.0. The Balaban J connectivity index is 1.49. The SMILES string of the molecule is COC(=O)C1COC(=O)N1C1CCN(C(=O)c2cnc3c(c(C)nn3C)c2Cl)CC1. The number of cyclic esters (lactones) is 1. The van der Waals surface area contributed by atoms with Gasteiger partial charge in [-0.25, -0.2) is 14.6 Å². The van der Waals surface area contributed by atoms with Crippen molar-refractivity contribution in [3.63, 3.8) is 0 Å². The van der Waals surface area contributed by atoms with Crippen molar-refractivity contribution in [2.24, 2.45) is 7.05 Å². The summed E-state index contributed by atoms with van der Waals surface area (Å²) in [5.74, 6) is -0.720. The predicted octanol–water partition coefficient (Wildman–Crippen LogP) is 1.53. The summed E-state index contributed by atoms with van der Waals surface area (Å²) in [5.41, 5.74) is 1.65. The number of esters is 1. The van der Waals surface area contributed by atoms with Crippen molar-refractivity contribution >= 4 is 40.6 Å². The maximum absolute atomic E-state index is 13.1. The molecule has 0 bridgehead atoms. The Morgan fingerprint density at radius 3 is 2.67 bits per heavy atom. The number of amides is 2. The van der Waals surface area contributed by atoms with Crippen molar-refractivity contribution in [1.82, 2.24) is 24.6 Å². The maximum Gasteiger partial charge on any atom is 0.410 e. The van der Waals surface area contributed by atoms with E-state index in [9.17, 15) is 14.4 Å². The van der Waals surface area contributed by atoms with Crippen LogP contribution in [0.2, 0.25) is 5.02 Å². The van der Waals surface area contributed by atoms with E-state index in [0.717, 1.165) is 0 Å². The van der Waals surface area contributed by atoms with Gasteiger partial charge < -0.3 is 14.4 Å². The van der Waals surface area contributed by atoms with E-state index in [1.54, 1.807) is 16.6 Å². The number of hydrogen-bond donors (Lipinski definition) is 0. The van der Waals surface area contributed by atoms with Crippen LogP contribution in [-0.4, -0.2) is 81.4 Å². The van der Waals surface area contributed by atoms with Gasteiger partial charge in [0.25, 0.3) is 5.91 Å². The number of methoxy groups -OCH3 is 1. The number of carbonyl (C=O) groups is 3. The molecule has 2 aromatic heterocycles. The van der Waals surface area contributed by atoms with E-state index in [2.05, 4.69) is 10.1 Å². The Morgan fingerprint density at radius 2 is 2.00 bits per heavy atom. The third-order valence-corrected chi connectivity index (χ3v) is 6.12. The highest BCUT2D eigenvalue weighted by molar-refractivity contribution is 6.38. The van der Waals surface area contributed by atoms with E-state index in [0.29, 0.717) is 53.2 Å². The molecule has 0 saturated carbocycles. The van der Waals surface area contributed by atoms with E-state index in [1.807, 2.05) is 6.92 Å². The first-order valence-electron chi connectivity index (χ1n) is 9.63. The molecule has 2 amide bonds. The molecule has 0 aliphatic carbocycles. The summed E-state index contributed by atoms with van der Waals surface area (Å²) in [5, 5.41) is 5.32. The lowest BCUT2D eigenvalue weighted by Crippen LogP contribution is -2.52. The summed E-state index contributed by atoms with van der Waals surface area (Å²) in [4.78, 5) is 44.6. The van der Waals surface area contributed by atoms with Crippen LogP contribution in [0.3, 0.4) is 0 Å². The number of pyridine rings is 1. The minimum absolute atomic E-state index is 0.0175. The van der Waals surface area contributed by atoms with Crippen LogP contribution < -0.4 is 0 Å². The summed E-state index contributed by atoms with van der Waals surface area (Å²) in [7, 11) is 3.05. The predicted molar refractivity (Wildman–Crippen MR) is 106 cm³/mol. The van der Waals surface area contributed by atoms with Crippen molar-refractivity contribution in [2.45, 2.75) is 31.8 Å².